The number of aliphatic hydroxyl groups excluding tert-OH is 1. The van der Waals surface area contributed by atoms with Crippen LogP contribution in [-0.2, 0) is 18.1 Å². The number of pyridine rings is 1. The van der Waals surface area contributed by atoms with Gasteiger partial charge in [-0.05, 0) is 35.4 Å². The van der Waals surface area contributed by atoms with Gasteiger partial charge in [0.05, 0.1) is 18.5 Å². The third-order valence-electron chi connectivity index (χ3n) is 2.76. The summed E-state index contributed by atoms with van der Waals surface area (Å²) in [5.41, 5.74) is 2.53. The van der Waals surface area contributed by atoms with Gasteiger partial charge in [0.25, 0.3) is 5.24 Å². The fourth-order valence-electron chi connectivity index (χ4n) is 1.63. The Balaban J connectivity index is 1.91. The predicted octanol–water partition coefficient (Wildman–Crippen LogP) is 2.50. The molecule has 0 aliphatic carbocycles. The van der Waals surface area contributed by atoms with Gasteiger partial charge in [-0.15, -0.1) is 0 Å². The quantitative estimate of drug-likeness (QED) is 0.505. The number of hydrogen-bond donors (Lipinski definition) is 1. The molecule has 1 heterocycles. The molecule has 0 saturated carbocycles. The summed E-state index contributed by atoms with van der Waals surface area (Å²) in [6.07, 6.45) is 3.06. The first-order valence-corrected chi connectivity index (χ1v) is 6.57. The zero-order valence-corrected chi connectivity index (χ0v) is 11.8. The fraction of sp³-hybridized carbons (Fsp3) is 0.133. The zero-order valence-electron chi connectivity index (χ0n) is 11.1. The van der Waals surface area contributed by atoms with Crippen LogP contribution in [0.25, 0.3) is 0 Å². The maximum absolute atomic E-state index is 10.9. The molecule has 0 saturated heterocycles. The minimum absolute atomic E-state index is 0.108. The summed E-state index contributed by atoms with van der Waals surface area (Å²) in [6, 6.07) is 10.2. The average molecular weight is 305 g/mol. The molecule has 0 aliphatic heterocycles. The minimum Gasteiger partial charge on any atom is -0.392 e. The minimum atomic E-state index is -0.493. The number of halogens is 1. The molecular formula is C15H13ClN2O3. The van der Waals surface area contributed by atoms with Crippen LogP contribution in [0.2, 0.25) is 0 Å². The average Bonchev–Trinajstić information content (AvgIpc) is 2.52. The van der Waals surface area contributed by atoms with Gasteiger partial charge < -0.3 is 9.94 Å². The fourth-order valence-corrected chi connectivity index (χ4v) is 1.76. The standard InChI is InChI=1S/C15H13ClN2O3/c16-15(20)12-5-3-11(4-6-12)10-21-18-8-14-13(9-19)2-1-7-17-14/h1-8,19H,9-10H2. The van der Waals surface area contributed by atoms with Crippen molar-refractivity contribution in [1.29, 1.82) is 0 Å². The highest BCUT2D eigenvalue weighted by atomic mass is 35.5. The number of benzene rings is 1. The smallest absolute Gasteiger partial charge is 0.252 e. The van der Waals surface area contributed by atoms with Crippen molar-refractivity contribution < 1.29 is 14.7 Å². The van der Waals surface area contributed by atoms with E-state index in [1.54, 1.807) is 42.6 Å². The molecule has 108 valence electrons. The molecule has 1 N–H and O–H groups in total. The van der Waals surface area contributed by atoms with Crippen LogP contribution < -0.4 is 0 Å². The van der Waals surface area contributed by atoms with Gasteiger partial charge in [0, 0.05) is 17.3 Å². The third-order valence-corrected chi connectivity index (χ3v) is 2.98. The van der Waals surface area contributed by atoms with E-state index in [1.807, 2.05) is 0 Å². The van der Waals surface area contributed by atoms with Crippen molar-refractivity contribution in [2.45, 2.75) is 13.2 Å². The van der Waals surface area contributed by atoms with Gasteiger partial charge >= 0.3 is 0 Å². The summed E-state index contributed by atoms with van der Waals surface area (Å²) in [5, 5.41) is 12.5. The maximum Gasteiger partial charge on any atom is 0.252 e. The van der Waals surface area contributed by atoms with E-state index in [2.05, 4.69) is 10.1 Å². The second-order valence-electron chi connectivity index (χ2n) is 4.18. The molecule has 0 fully saturated rings. The van der Waals surface area contributed by atoms with E-state index >= 15 is 0 Å². The number of nitrogens with zero attached hydrogens (tertiary/aromatic N) is 2. The number of hydrogen-bond acceptors (Lipinski definition) is 5. The van der Waals surface area contributed by atoms with Gasteiger partial charge in [-0.3, -0.25) is 9.78 Å². The number of carbonyl (C=O) groups is 1. The Bertz CT molecular complexity index is 642. The van der Waals surface area contributed by atoms with E-state index in [4.69, 9.17) is 21.5 Å². The first kappa shape index (κ1) is 15.2. The Morgan fingerprint density at radius 2 is 2.10 bits per heavy atom. The maximum atomic E-state index is 10.9. The topological polar surface area (TPSA) is 71.8 Å². The van der Waals surface area contributed by atoms with Crippen LogP contribution in [0.15, 0.2) is 47.8 Å². The molecule has 2 rings (SSSR count). The van der Waals surface area contributed by atoms with Crippen LogP contribution in [0.4, 0.5) is 0 Å². The van der Waals surface area contributed by atoms with E-state index in [0.29, 0.717) is 16.8 Å². The molecule has 2 aromatic rings. The molecule has 0 bridgehead atoms. The van der Waals surface area contributed by atoms with E-state index in [0.717, 1.165) is 5.56 Å². The predicted molar refractivity (Wildman–Crippen MR) is 79.2 cm³/mol. The van der Waals surface area contributed by atoms with Gasteiger partial charge in [-0.2, -0.15) is 0 Å². The summed E-state index contributed by atoms with van der Waals surface area (Å²) < 4.78 is 0. The number of aliphatic hydroxyl groups is 1. The van der Waals surface area contributed by atoms with Crippen LogP contribution in [-0.4, -0.2) is 21.5 Å². The van der Waals surface area contributed by atoms with Crippen LogP contribution in [0.1, 0.15) is 27.2 Å². The lowest BCUT2D eigenvalue weighted by molar-refractivity contribution is 0.108. The zero-order chi connectivity index (χ0) is 15.1. The Morgan fingerprint density at radius 1 is 1.33 bits per heavy atom. The second-order valence-corrected chi connectivity index (χ2v) is 4.53. The van der Waals surface area contributed by atoms with Crippen molar-refractivity contribution in [3.63, 3.8) is 0 Å². The van der Waals surface area contributed by atoms with E-state index in [1.165, 1.54) is 6.21 Å². The molecule has 6 heteroatoms. The Labute approximate surface area is 126 Å². The van der Waals surface area contributed by atoms with Crippen molar-refractivity contribution in [3.05, 3.63) is 65.0 Å². The van der Waals surface area contributed by atoms with Crippen LogP contribution in [0.5, 0.6) is 0 Å². The summed E-state index contributed by atoms with van der Waals surface area (Å²) in [6.45, 7) is 0.150. The van der Waals surface area contributed by atoms with Crippen LogP contribution in [0, 0.1) is 0 Å². The van der Waals surface area contributed by atoms with Gasteiger partial charge in [-0.1, -0.05) is 23.4 Å². The molecule has 0 spiro atoms. The summed E-state index contributed by atoms with van der Waals surface area (Å²) in [5.74, 6) is 0. The molecule has 5 nitrogen and oxygen atoms in total. The molecule has 0 atom stereocenters. The Kier molecular flexibility index (Phi) is 5.43. The second kappa shape index (κ2) is 7.52. The molecule has 21 heavy (non-hydrogen) atoms. The van der Waals surface area contributed by atoms with E-state index in [-0.39, 0.29) is 13.2 Å². The monoisotopic (exact) mass is 304 g/mol. The SMILES string of the molecule is O=C(Cl)c1ccc(CON=Cc2ncccc2CO)cc1. The molecular weight excluding hydrogens is 292 g/mol. The highest BCUT2D eigenvalue weighted by Gasteiger charge is 2.01. The van der Waals surface area contributed by atoms with Gasteiger partial charge in [0.2, 0.25) is 0 Å². The molecule has 0 amide bonds. The van der Waals surface area contributed by atoms with Crippen molar-refractivity contribution in [2.24, 2.45) is 5.16 Å². The molecule has 0 aliphatic rings. The highest BCUT2D eigenvalue weighted by Crippen LogP contribution is 2.08. The van der Waals surface area contributed by atoms with E-state index < -0.39 is 5.24 Å². The lowest BCUT2D eigenvalue weighted by Crippen LogP contribution is -1.97. The van der Waals surface area contributed by atoms with Crippen LogP contribution in [0.3, 0.4) is 0 Å². The van der Waals surface area contributed by atoms with Crippen molar-refractivity contribution in [2.75, 3.05) is 0 Å². The van der Waals surface area contributed by atoms with Gasteiger partial charge in [0.15, 0.2) is 0 Å². The lowest BCUT2D eigenvalue weighted by atomic mass is 10.2. The first-order valence-electron chi connectivity index (χ1n) is 6.19. The number of oxime groups is 1. The van der Waals surface area contributed by atoms with Crippen molar-refractivity contribution >= 4 is 23.1 Å². The van der Waals surface area contributed by atoms with E-state index in [9.17, 15) is 4.79 Å². The lowest BCUT2D eigenvalue weighted by Gasteiger charge is -2.02. The highest BCUT2D eigenvalue weighted by molar-refractivity contribution is 6.67. The van der Waals surface area contributed by atoms with Crippen LogP contribution >= 0.6 is 11.6 Å². The Morgan fingerprint density at radius 3 is 2.76 bits per heavy atom. The molecule has 0 unspecified atom stereocenters. The molecule has 0 radical (unpaired) electrons. The summed E-state index contributed by atoms with van der Waals surface area (Å²) in [7, 11) is 0. The molecule has 1 aromatic carbocycles. The van der Waals surface area contributed by atoms with Gasteiger partial charge in [-0.25, -0.2) is 0 Å². The summed E-state index contributed by atoms with van der Waals surface area (Å²) >= 11 is 5.36. The van der Waals surface area contributed by atoms with Crippen molar-refractivity contribution in [1.82, 2.24) is 4.98 Å². The molecule has 1 aromatic heterocycles. The van der Waals surface area contributed by atoms with Crippen molar-refractivity contribution in [3.8, 4) is 0 Å². The first-order chi connectivity index (χ1) is 10.2. The van der Waals surface area contributed by atoms with Gasteiger partial charge in [0.1, 0.15) is 6.61 Å². The number of rotatable bonds is 6. The number of aromatic nitrogens is 1. The summed E-state index contributed by atoms with van der Waals surface area (Å²) in [4.78, 5) is 20.2. The normalized spacial score (nSPS) is 10.8. The largest absolute Gasteiger partial charge is 0.392 e. The number of carbonyl (C=O) groups excluding carboxylic acids is 1. The third kappa shape index (κ3) is 4.37. The Hall–Kier alpha value is -2.24.